The number of rotatable bonds is 4. The molecule has 27 heavy (non-hydrogen) atoms. The van der Waals surface area contributed by atoms with Gasteiger partial charge < -0.3 is 9.32 Å². The Morgan fingerprint density at radius 2 is 2.04 bits per heavy atom. The van der Waals surface area contributed by atoms with Crippen LogP contribution in [0.15, 0.2) is 51.7 Å². The van der Waals surface area contributed by atoms with Gasteiger partial charge in [0.05, 0.1) is 17.3 Å². The van der Waals surface area contributed by atoms with Gasteiger partial charge in [-0.3, -0.25) is 0 Å². The van der Waals surface area contributed by atoms with Gasteiger partial charge in [-0.05, 0) is 43.7 Å². The second kappa shape index (κ2) is 7.08. The molecule has 0 bridgehead atoms. The van der Waals surface area contributed by atoms with Crippen molar-refractivity contribution in [2.45, 2.75) is 26.4 Å². The lowest BCUT2D eigenvalue weighted by molar-refractivity contribution is -0.923. The quantitative estimate of drug-likeness (QED) is 0.524. The maximum Gasteiger partial charge on any atom is 0.336 e. The van der Waals surface area contributed by atoms with Crippen LogP contribution in [0.1, 0.15) is 29.1 Å². The Labute approximate surface area is 166 Å². The fraction of sp³-hybridized carbons (Fsp3) is 0.238. The Morgan fingerprint density at radius 3 is 2.81 bits per heavy atom. The molecule has 138 valence electrons. The fourth-order valence-electron chi connectivity index (χ4n) is 3.23. The number of aryl methyl sites for hydroxylation is 1. The van der Waals surface area contributed by atoms with E-state index in [0.29, 0.717) is 17.2 Å². The van der Waals surface area contributed by atoms with Crippen LogP contribution in [0, 0.1) is 6.92 Å². The van der Waals surface area contributed by atoms with E-state index in [1.54, 1.807) is 17.4 Å². The smallest absolute Gasteiger partial charge is 0.336 e. The van der Waals surface area contributed by atoms with E-state index in [-0.39, 0.29) is 11.7 Å². The number of hydrogen-bond donors (Lipinski definition) is 1. The zero-order chi connectivity index (χ0) is 19.1. The third-order valence-corrected chi connectivity index (χ3v) is 6.63. The number of nitrogens with one attached hydrogen (secondary N) is 1. The van der Waals surface area contributed by atoms with Crippen molar-refractivity contribution in [2.75, 3.05) is 7.05 Å². The standard InChI is InChI=1S/C21H19ClN2O2S/c1-12-8-18-15(10-16(12)22)14(9-20(25)26-18)11-24(3)13(2)21-23-17-6-4-5-7-19(17)27-21/h4-10,13H,11H2,1-3H3/p+1/t13-/m0/s1. The summed E-state index contributed by atoms with van der Waals surface area (Å²) in [6.07, 6.45) is 0. The van der Waals surface area contributed by atoms with E-state index >= 15 is 0 Å². The first-order chi connectivity index (χ1) is 12.9. The molecule has 0 aliphatic carbocycles. The first kappa shape index (κ1) is 18.2. The summed E-state index contributed by atoms with van der Waals surface area (Å²) >= 11 is 8.03. The van der Waals surface area contributed by atoms with Gasteiger partial charge in [-0.25, -0.2) is 9.78 Å². The molecule has 0 spiro atoms. The normalized spacial score (nSPS) is 13.9. The Kier molecular flexibility index (Phi) is 4.76. The second-order valence-corrected chi connectivity index (χ2v) is 8.42. The van der Waals surface area contributed by atoms with E-state index < -0.39 is 0 Å². The molecule has 0 saturated heterocycles. The molecule has 0 saturated carbocycles. The van der Waals surface area contributed by atoms with Crippen molar-refractivity contribution in [3.05, 3.63) is 74.0 Å². The molecule has 0 aliphatic heterocycles. The molecular weight excluding hydrogens is 380 g/mol. The van der Waals surface area contributed by atoms with Gasteiger partial charge in [-0.1, -0.05) is 23.7 Å². The van der Waals surface area contributed by atoms with Crippen LogP contribution in [0.2, 0.25) is 5.02 Å². The van der Waals surface area contributed by atoms with Gasteiger partial charge in [0.1, 0.15) is 18.2 Å². The lowest BCUT2D eigenvalue weighted by Crippen LogP contribution is -3.07. The molecule has 1 N–H and O–H groups in total. The first-order valence-electron chi connectivity index (χ1n) is 8.83. The average molecular weight is 400 g/mol. The van der Waals surface area contributed by atoms with Crippen molar-refractivity contribution < 1.29 is 9.32 Å². The second-order valence-electron chi connectivity index (χ2n) is 6.95. The molecule has 0 amide bonds. The van der Waals surface area contributed by atoms with Crippen LogP contribution in [-0.4, -0.2) is 12.0 Å². The van der Waals surface area contributed by atoms with Crippen LogP contribution in [0.4, 0.5) is 0 Å². The van der Waals surface area contributed by atoms with E-state index in [4.69, 9.17) is 21.0 Å². The highest BCUT2D eigenvalue weighted by molar-refractivity contribution is 7.18. The summed E-state index contributed by atoms with van der Waals surface area (Å²) in [4.78, 5) is 18.0. The highest BCUT2D eigenvalue weighted by Crippen LogP contribution is 2.26. The van der Waals surface area contributed by atoms with E-state index in [9.17, 15) is 4.79 Å². The van der Waals surface area contributed by atoms with Gasteiger partial charge in [0, 0.05) is 22.0 Å². The third-order valence-electron chi connectivity index (χ3n) is 5.00. The molecule has 2 aromatic heterocycles. The van der Waals surface area contributed by atoms with Crippen molar-refractivity contribution in [1.82, 2.24) is 4.98 Å². The van der Waals surface area contributed by atoms with Crippen molar-refractivity contribution in [2.24, 2.45) is 0 Å². The molecule has 0 fully saturated rings. The number of nitrogens with zero attached hydrogens (tertiary/aromatic N) is 1. The van der Waals surface area contributed by atoms with Crippen LogP contribution in [0.3, 0.4) is 0 Å². The van der Waals surface area contributed by atoms with E-state index in [2.05, 4.69) is 20.0 Å². The molecule has 0 radical (unpaired) electrons. The van der Waals surface area contributed by atoms with E-state index in [0.717, 1.165) is 27.0 Å². The highest BCUT2D eigenvalue weighted by atomic mass is 35.5. The summed E-state index contributed by atoms with van der Waals surface area (Å²) in [6.45, 7) is 4.75. The molecule has 2 atom stereocenters. The largest absolute Gasteiger partial charge is 0.423 e. The Morgan fingerprint density at radius 1 is 1.26 bits per heavy atom. The van der Waals surface area contributed by atoms with Gasteiger partial charge in [0.25, 0.3) is 0 Å². The number of thiazole rings is 1. The van der Waals surface area contributed by atoms with Gasteiger partial charge in [0.2, 0.25) is 0 Å². The van der Waals surface area contributed by atoms with Gasteiger partial charge >= 0.3 is 5.63 Å². The number of halogens is 1. The number of hydrogen-bond acceptors (Lipinski definition) is 4. The van der Waals surface area contributed by atoms with Gasteiger partial charge in [-0.2, -0.15) is 0 Å². The number of aromatic nitrogens is 1. The summed E-state index contributed by atoms with van der Waals surface area (Å²) in [7, 11) is 2.12. The van der Waals surface area contributed by atoms with Gasteiger partial charge in [-0.15, -0.1) is 11.3 Å². The van der Waals surface area contributed by atoms with Crippen molar-refractivity contribution in [3.8, 4) is 0 Å². The molecule has 0 aliphatic rings. The minimum atomic E-state index is -0.334. The highest BCUT2D eigenvalue weighted by Gasteiger charge is 2.21. The topological polar surface area (TPSA) is 47.5 Å². The van der Waals surface area contributed by atoms with Gasteiger partial charge in [0.15, 0.2) is 5.01 Å². The number of fused-ring (bicyclic) bond motifs is 2. The zero-order valence-corrected chi connectivity index (χ0v) is 16.9. The number of quaternary nitrogens is 1. The molecular formula is C21H20ClN2O2S+. The number of benzene rings is 2. The summed E-state index contributed by atoms with van der Waals surface area (Å²) in [6, 6.07) is 13.7. The molecule has 4 rings (SSSR count). The van der Waals surface area contributed by atoms with Crippen LogP contribution in [0.25, 0.3) is 21.2 Å². The van der Waals surface area contributed by atoms with Crippen molar-refractivity contribution in [3.63, 3.8) is 0 Å². The molecule has 1 unspecified atom stereocenters. The summed E-state index contributed by atoms with van der Waals surface area (Å²) < 4.78 is 6.57. The molecule has 4 aromatic rings. The Bertz CT molecular complexity index is 1160. The number of para-hydroxylation sites is 1. The minimum Gasteiger partial charge on any atom is -0.423 e. The minimum absolute atomic E-state index is 0.200. The predicted octanol–water partition coefficient (Wildman–Crippen LogP) is 4.14. The third kappa shape index (κ3) is 3.50. The predicted molar refractivity (Wildman–Crippen MR) is 111 cm³/mol. The first-order valence-corrected chi connectivity index (χ1v) is 10.0. The van der Waals surface area contributed by atoms with E-state index in [1.807, 2.05) is 37.3 Å². The van der Waals surface area contributed by atoms with Crippen LogP contribution in [0.5, 0.6) is 0 Å². The molecule has 2 aromatic carbocycles. The fourth-order valence-corrected chi connectivity index (χ4v) is 4.51. The monoisotopic (exact) mass is 399 g/mol. The molecule has 6 heteroatoms. The van der Waals surface area contributed by atoms with Crippen LogP contribution < -0.4 is 10.5 Å². The molecule has 4 nitrogen and oxygen atoms in total. The van der Waals surface area contributed by atoms with E-state index in [1.165, 1.54) is 9.60 Å². The summed E-state index contributed by atoms with van der Waals surface area (Å²) in [5.74, 6) is 0. The maximum atomic E-state index is 12.0. The maximum absolute atomic E-state index is 12.0. The Balaban J connectivity index is 1.68. The summed E-state index contributed by atoms with van der Waals surface area (Å²) in [5, 5.41) is 2.66. The van der Waals surface area contributed by atoms with Crippen LogP contribution >= 0.6 is 22.9 Å². The van der Waals surface area contributed by atoms with Crippen LogP contribution in [-0.2, 0) is 6.54 Å². The zero-order valence-electron chi connectivity index (χ0n) is 15.4. The van der Waals surface area contributed by atoms with Crippen molar-refractivity contribution in [1.29, 1.82) is 0 Å². The molecule has 2 heterocycles. The lowest BCUT2D eigenvalue weighted by atomic mass is 10.1. The Hall–Kier alpha value is -2.21. The summed E-state index contributed by atoms with van der Waals surface area (Å²) in [5.41, 5.74) is 3.12. The lowest BCUT2D eigenvalue weighted by Gasteiger charge is -2.20. The average Bonchev–Trinajstić information content (AvgIpc) is 3.06. The van der Waals surface area contributed by atoms with Crippen molar-refractivity contribution >= 4 is 44.1 Å². The SMILES string of the molecule is Cc1cc2oc(=O)cc(C[NH+](C)[C@@H](C)c3nc4ccccc4s3)c2cc1Cl.